The molecule has 4 aromatic rings. The van der Waals surface area contributed by atoms with Crippen LogP contribution in [-0.2, 0) is 0 Å². The molecular formula is C24H16N6O8. The van der Waals surface area contributed by atoms with Crippen molar-refractivity contribution < 1.29 is 19.7 Å². The van der Waals surface area contributed by atoms with Crippen molar-refractivity contribution in [2.24, 2.45) is 0 Å². The van der Waals surface area contributed by atoms with E-state index in [1.165, 1.54) is 17.1 Å². The maximum absolute atomic E-state index is 11.8. The summed E-state index contributed by atoms with van der Waals surface area (Å²) in [5.41, 5.74) is 1.88. The van der Waals surface area contributed by atoms with Gasteiger partial charge in [0.05, 0.1) is 43.2 Å². The number of hydrazine groups is 1. The minimum Gasteiger partial charge on any atom is -0.282 e. The van der Waals surface area contributed by atoms with Crippen molar-refractivity contribution in [2.45, 2.75) is 0 Å². The molecule has 4 rings (SSSR count). The second-order valence-electron chi connectivity index (χ2n) is 7.76. The molecule has 14 heteroatoms. The Morgan fingerprint density at radius 2 is 0.974 bits per heavy atom. The van der Waals surface area contributed by atoms with Crippen LogP contribution in [0, 0.1) is 40.5 Å². The highest BCUT2D eigenvalue weighted by molar-refractivity contribution is 5.81. The Labute approximate surface area is 212 Å². The van der Waals surface area contributed by atoms with E-state index in [0.29, 0.717) is 34.6 Å². The summed E-state index contributed by atoms with van der Waals surface area (Å²) >= 11 is 0. The fourth-order valence-electron chi connectivity index (χ4n) is 3.65. The Balaban J connectivity index is 1.79. The van der Waals surface area contributed by atoms with Crippen molar-refractivity contribution in [3.63, 3.8) is 0 Å². The molecule has 38 heavy (non-hydrogen) atoms. The minimum atomic E-state index is -0.949. The maximum atomic E-state index is 11.8. The number of nitro benzene ring substituents is 4. The summed E-state index contributed by atoms with van der Waals surface area (Å²) in [5.74, 6) is 0. The molecule has 0 aromatic heterocycles. The van der Waals surface area contributed by atoms with Crippen molar-refractivity contribution in [3.05, 3.63) is 131 Å². The number of benzene rings is 4. The largest absolute Gasteiger partial charge is 0.308 e. The van der Waals surface area contributed by atoms with Gasteiger partial charge in [0, 0.05) is 12.1 Å². The molecule has 0 aliphatic heterocycles. The van der Waals surface area contributed by atoms with Crippen molar-refractivity contribution >= 4 is 39.8 Å². The first-order valence-electron chi connectivity index (χ1n) is 10.7. The van der Waals surface area contributed by atoms with Crippen LogP contribution in [0.5, 0.6) is 0 Å². The summed E-state index contributed by atoms with van der Waals surface area (Å²) in [6, 6.07) is 22.3. The molecule has 4 aromatic carbocycles. The molecule has 0 saturated heterocycles. The third-order valence-corrected chi connectivity index (χ3v) is 5.46. The third kappa shape index (κ3) is 5.18. The Morgan fingerprint density at radius 3 is 1.42 bits per heavy atom. The molecule has 0 saturated carbocycles. The van der Waals surface area contributed by atoms with Crippen LogP contribution in [0.15, 0.2) is 91.0 Å². The quantitative estimate of drug-likeness (QED) is 0.199. The Kier molecular flexibility index (Phi) is 6.87. The summed E-state index contributed by atoms with van der Waals surface area (Å²) < 4.78 is 0. The van der Waals surface area contributed by atoms with Crippen LogP contribution in [0.2, 0.25) is 0 Å². The summed E-state index contributed by atoms with van der Waals surface area (Å²) in [4.78, 5) is 42.3. The van der Waals surface area contributed by atoms with E-state index >= 15 is 0 Å². The van der Waals surface area contributed by atoms with Gasteiger partial charge in [0.25, 0.3) is 11.4 Å². The molecule has 1 N–H and O–H groups in total. The monoisotopic (exact) mass is 516 g/mol. The van der Waals surface area contributed by atoms with Gasteiger partial charge in [-0.25, -0.2) is 0 Å². The molecule has 190 valence electrons. The normalized spacial score (nSPS) is 10.4. The fourth-order valence-corrected chi connectivity index (χ4v) is 3.65. The van der Waals surface area contributed by atoms with Crippen molar-refractivity contribution in [1.82, 2.24) is 0 Å². The minimum absolute atomic E-state index is 0.0592. The maximum Gasteiger partial charge on any atom is 0.308 e. The average Bonchev–Trinajstić information content (AvgIpc) is 2.91. The zero-order chi connectivity index (χ0) is 27.4. The standard InChI is InChI=1S/C24H16N6O8/c31-27(32)20-12-8-17(9-13-20)16-6-10-19(11-7-16)26(18-4-2-1-3-5-18)25-24-22(29(35)36)14-21(28(33)34)15-23(24)30(37)38/h1-15,25H. The number of nitro groups is 4. The van der Waals surface area contributed by atoms with E-state index in [9.17, 15) is 40.5 Å². The van der Waals surface area contributed by atoms with E-state index in [2.05, 4.69) is 5.43 Å². The van der Waals surface area contributed by atoms with Crippen LogP contribution in [0.25, 0.3) is 11.1 Å². The van der Waals surface area contributed by atoms with Gasteiger partial charge in [-0.1, -0.05) is 30.3 Å². The number of rotatable bonds is 9. The average molecular weight is 516 g/mol. The summed E-state index contributed by atoms with van der Waals surface area (Å²) in [7, 11) is 0. The molecule has 0 radical (unpaired) electrons. The first-order chi connectivity index (χ1) is 18.2. The van der Waals surface area contributed by atoms with Crippen LogP contribution >= 0.6 is 0 Å². The number of nitrogens with one attached hydrogen (secondary N) is 1. The molecule has 0 aliphatic rings. The predicted molar refractivity (Wildman–Crippen MR) is 137 cm³/mol. The van der Waals surface area contributed by atoms with Gasteiger partial charge in [-0.3, -0.25) is 50.9 Å². The predicted octanol–water partition coefficient (Wildman–Crippen LogP) is 6.15. The van der Waals surface area contributed by atoms with Gasteiger partial charge >= 0.3 is 11.4 Å². The highest BCUT2D eigenvalue weighted by Gasteiger charge is 2.32. The van der Waals surface area contributed by atoms with Gasteiger partial charge in [0.15, 0.2) is 0 Å². The molecule has 14 nitrogen and oxygen atoms in total. The second kappa shape index (κ2) is 10.4. The van der Waals surface area contributed by atoms with Crippen molar-refractivity contribution in [3.8, 4) is 11.1 Å². The highest BCUT2D eigenvalue weighted by Crippen LogP contribution is 2.40. The Morgan fingerprint density at radius 1 is 0.526 bits per heavy atom. The molecule has 0 heterocycles. The highest BCUT2D eigenvalue weighted by atomic mass is 16.6. The molecule has 0 amide bonds. The molecule has 0 fully saturated rings. The van der Waals surface area contributed by atoms with E-state index in [4.69, 9.17) is 0 Å². The zero-order valence-electron chi connectivity index (χ0n) is 19.2. The van der Waals surface area contributed by atoms with Crippen LogP contribution in [0.3, 0.4) is 0 Å². The smallest absolute Gasteiger partial charge is 0.282 e. The van der Waals surface area contributed by atoms with Crippen molar-refractivity contribution in [1.29, 1.82) is 0 Å². The summed E-state index contributed by atoms with van der Waals surface area (Å²) in [5, 5.41) is 47.0. The second-order valence-corrected chi connectivity index (χ2v) is 7.76. The SMILES string of the molecule is O=[N+]([O-])c1ccc(-c2ccc(N(Nc3c([N+](=O)[O-])cc([N+](=O)[O-])cc3[N+](=O)[O-])c3ccccc3)cc2)cc1. The third-order valence-electron chi connectivity index (χ3n) is 5.46. The first-order valence-corrected chi connectivity index (χ1v) is 10.7. The van der Waals surface area contributed by atoms with Crippen LogP contribution < -0.4 is 10.4 Å². The van der Waals surface area contributed by atoms with Gasteiger partial charge in [0.2, 0.25) is 5.69 Å². The van der Waals surface area contributed by atoms with Gasteiger partial charge in [0.1, 0.15) is 0 Å². The summed E-state index contributed by atoms with van der Waals surface area (Å²) in [6.07, 6.45) is 0. The van der Waals surface area contributed by atoms with E-state index in [-0.39, 0.29) is 5.69 Å². The lowest BCUT2D eigenvalue weighted by atomic mass is 10.0. The number of nitrogens with zero attached hydrogens (tertiary/aromatic N) is 5. The number of non-ortho nitro benzene ring substituents is 2. The van der Waals surface area contributed by atoms with Gasteiger partial charge < -0.3 is 0 Å². The topological polar surface area (TPSA) is 188 Å². The van der Waals surface area contributed by atoms with Crippen LogP contribution in [-0.4, -0.2) is 19.7 Å². The lowest BCUT2D eigenvalue weighted by Gasteiger charge is -2.26. The molecule has 0 bridgehead atoms. The Hall–Kier alpha value is -5.92. The van der Waals surface area contributed by atoms with Gasteiger partial charge in [-0.2, -0.15) is 0 Å². The van der Waals surface area contributed by atoms with Gasteiger partial charge in [-0.15, -0.1) is 0 Å². The van der Waals surface area contributed by atoms with E-state index in [1.807, 2.05) is 0 Å². The number of hydrogen-bond donors (Lipinski definition) is 1. The molecule has 0 aliphatic carbocycles. The first kappa shape index (κ1) is 25.2. The summed E-state index contributed by atoms with van der Waals surface area (Å²) in [6.45, 7) is 0. The number of hydrogen-bond acceptors (Lipinski definition) is 10. The lowest BCUT2D eigenvalue weighted by Crippen LogP contribution is -2.25. The number of para-hydroxylation sites is 1. The van der Waals surface area contributed by atoms with E-state index in [0.717, 1.165) is 0 Å². The van der Waals surface area contributed by atoms with E-state index < -0.39 is 42.4 Å². The fraction of sp³-hybridized carbons (Fsp3) is 0. The van der Waals surface area contributed by atoms with Crippen LogP contribution in [0.4, 0.5) is 39.8 Å². The lowest BCUT2D eigenvalue weighted by molar-refractivity contribution is -0.401. The molecule has 0 atom stereocenters. The van der Waals surface area contributed by atoms with Gasteiger partial charge in [-0.05, 0) is 47.5 Å². The van der Waals surface area contributed by atoms with E-state index in [1.54, 1.807) is 66.7 Å². The van der Waals surface area contributed by atoms with Crippen molar-refractivity contribution in [2.75, 3.05) is 10.4 Å². The molecule has 0 unspecified atom stereocenters. The number of anilines is 3. The zero-order valence-corrected chi connectivity index (χ0v) is 19.2. The molecule has 0 spiro atoms. The molecular weight excluding hydrogens is 500 g/mol. The van der Waals surface area contributed by atoms with Crippen LogP contribution in [0.1, 0.15) is 0 Å². The Bertz CT molecular complexity index is 1510.